The van der Waals surface area contributed by atoms with Crippen molar-refractivity contribution in [1.82, 2.24) is 5.32 Å². The van der Waals surface area contributed by atoms with Gasteiger partial charge in [0.2, 0.25) is 5.91 Å². The van der Waals surface area contributed by atoms with Crippen molar-refractivity contribution in [3.8, 4) is 0 Å². The van der Waals surface area contributed by atoms with Crippen LogP contribution in [0.15, 0.2) is 109 Å². The van der Waals surface area contributed by atoms with Gasteiger partial charge in [-0.2, -0.15) is 0 Å². The summed E-state index contributed by atoms with van der Waals surface area (Å²) in [5, 5.41) is 13.9. The van der Waals surface area contributed by atoms with Crippen molar-refractivity contribution < 1.29 is 32.9 Å². The van der Waals surface area contributed by atoms with E-state index in [9.17, 15) is 19.4 Å². The summed E-state index contributed by atoms with van der Waals surface area (Å²) in [5.41, 5.74) is 0. The second-order valence-corrected chi connectivity index (χ2v) is 21.0. The number of phosphoric ester groups is 1. The number of phosphoric acid groups is 1. The Bertz CT molecular complexity index is 1490. The van der Waals surface area contributed by atoms with E-state index in [2.05, 4.69) is 116 Å². The predicted molar refractivity (Wildman–Crippen MR) is 299 cm³/mol. The second kappa shape index (κ2) is 50.1. The minimum Gasteiger partial charge on any atom is -0.387 e. The molecule has 0 saturated carbocycles. The number of carbonyl (C=O) groups is 1. The SMILES string of the molecule is CC/C=C\C/C=C\C/C=C\C/C=C\C/C=C\C/C=C\CCCCCCCCCCCCCCC(=O)NC(COP(=O)(O)OCC[N+](C)(C)C)C(O)/C=C/CC/C=C/CC/C=C/CCCCCCCC. The monoisotopic (exact) mass is 982 g/mol. The van der Waals surface area contributed by atoms with E-state index in [1.807, 2.05) is 27.2 Å². The van der Waals surface area contributed by atoms with Crippen molar-refractivity contribution in [2.24, 2.45) is 0 Å². The molecule has 69 heavy (non-hydrogen) atoms. The van der Waals surface area contributed by atoms with Crippen molar-refractivity contribution in [2.45, 2.75) is 225 Å². The van der Waals surface area contributed by atoms with Gasteiger partial charge in [0.25, 0.3) is 0 Å². The van der Waals surface area contributed by atoms with Gasteiger partial charge in [-0.15, -0.1) is 0 Å². The van der Waals surface area contributed by atoms with Crippen LogP contribution in [-0.4, -0.2) is 73.4 Å². The van der Waals surface area contributed by atoms with Crippen LogP contribution in [0.2, 0.25) is 0 Å². The zero-order valence-electron chi connectivity index (χ0n) is 45.0. The highest BCUT2D eigenvalue weighted by Crippen LogP contribution is 2.43. The average Bonchev–Trinajstić information content (AvgIpc) is 3.31. The number of unbranched alkanes of at least 4 members (excludes halogenated alkanes) is 20. The topological polar surface area (TPSA) is 105 Å². The van der Waals surface area contributed by atoms with Crippen LogP contribution in [0.3, 0.4) is 0 Å². The molecule has 0 aromatic rings. The van der Waals surface area contributed by atoms with Crippen molar-refractivity contribution in [3.63, 3.8) is 0 Å². The summed E-state index contributed by atoms with van der Waals surface area (Å²) < 4.78 is 23.6. The van der Waals surface area contributed by atoms with Gasteiger partial charge in [-0.3, -0.25) is 13.8 Å². The molecule has 3 atom stereocenters. The Morgan fingerprint density at radius 1 is 0.507 bits per heavy atom. The second-order valence-electron chi connectivity index (χ2n) is 19.6. The zero-order valence-corrected chi connectivity index (χ0v) is 45.9. The van der Waals surface area contributed by atoms with Crippen LogP contribution in [0.25, 0.3) is 0 Å². The molecule has 0 aromatic carbocycles. The number of nitrogens with zero attached hydrogens (tertiary/aromatic N) is 1. The third kappa shape index (κ3) is 52.8. The van der Waals surface area contributed by atoms with E-state index in [0.717, 1.165) is 83.5 Å². The van der Waals surface area contributed by atoms with E-state index in [1.54, 1.807) is 6.08 Å². The first kappa shape index (κ1) is 66.2. The molecule has 9 heteroatoms. The Hall–Kier alpha value is -2.84. The number of rotatable bonds is 49. The van der Waals surface area contributed by atoms with E-state index < -0.39 is 20.0 Å². The molecule has 3 N–H and O–H groups in total. The Balaban J connectivity index is 4.23. The number of aliphatic hydroxyl groups excluding tert-OH is 1. The minimum absolute atomic E-state index is 0.0482. The smallest absolute Gasteiger partial charge is 0.387 e. The van der Waals surface area contributed by atoms with Gasteiger partial charge in [0, 0.05) is 6.42 Å². The number of quaternary nitrogens is 1. The molecule has 0 fully saturated rings. The molecule has 1 amide bonds. The van der Waals surface area contributed by atoms with Crippen LogP contribution in [0.4, 0.5) is 0 Å². The number of likely N-dealkylation sites (N-methyl/N-ethyl adjacent to an activating group) is 1. The summed E-state index contributed by atoms with van der Waals surface area (Å²) in [6.07, 6.45) is 73.3. The summed E-state index contributed by atoms with van der Waals surface area (Å²) in [7, 11) is 1.53. The summed E-state index contributed by atoms with van der Waals surface area (Å²) >= 11 is 0. The quantitative estimate of drug-likeness (QED) is 0.0243. The molecule has 0 bridgehead atoms. The van der Waals surface area contributed by atoms with E-state index in [4.69, 9.17) is 9.05 Å². The lowest BCUT2D eigenvalue weighted by Gasteiger charge is -2.25. The Kier molecular flexibility index (Phi) is 48.1. The highest BCUT2D eigenvalue weighted by molar-refractivity contribution is 7.47. The number of carbonyl (C=O) groups excluding carboxylic acids is 1. The number of hydrogen-bond donors (Lipinski definition) is 3. The van der Waals surface area contributed by atoms with Crippen molar-refractivity contribution in [2.75, 3.05) is 40.9 Å². The highest BCUT2D eigenvalue weighted by Gasteiger charge is 2.27. The number of nitrogens with one attached hydrogen (secondary N) is 1. The number of aliphatic hydroxyl groups is 1. The lowest BCUT2D eigenvalue weighted by Crippen LogP contribution is -2.45. The largest absolute Gasteiger partial charge is 0.472 e. The van der Waals surface area contributed by atoms with Crippen LogP contribution in [-0.2, 0) is 18.4 Å². The molecule has 0 spiro atoms. The number of hydrogen-bond acceptors (Lipinski definition) is 5. The number of allylic oxidation sites excluding steroid dienone is 17. The van der Waals surface area contributed by atoms with E-state index in [-0.39, 0.29) is 19.1 Å². The summed E-state index contributed by atoms with van der Waals surface area (Å²) in [5.74, 6) is -0.198. The van der Waals surface area contributed by atoms with Crippen LogP contribution < -0.4 is 5.32 Å². The molecule has 3 unspecified atom stereocenters. The normalized spacial score (nSPS) is 14.8. The lowest BCUT2D eigenvalue weighted by atomic mass is 10.0. The van der Waals surface area contributed by atoms with Crippen LogP contribution >= 0.6 is 7.82 Å². The molecule has 0 aromatic heterocycles. The summed E-state index contributed by atoms with van der Waals surface area (Å²) in [4.78, 5) is 23.3. The van der Waals surface area contributed by atoms with Gasteiger partial charge < -0.3 is 19.8 Å². The maximum Gasteiger partial charge on any atom is 0.472 e. The average molecular weight is 982 g/mol. The number of amides is 1. The predicted octanol–water partition coefficient (Wildman–Crippen LogP) is 16.8. The molecule has 0 aliphatic rings. The fourth-order valence-corrected chi connectivity index (χ4v) is 8.11. The molecule has 0 rings (SSSR count). The molecule has 0 radical (unpaired) electrons. The van der Waals surface area contributed by atoms with E-state index in [0.29, 0.717) is 17.4 Å². The molecule has 0 saturated heterocycles. The maximum atomic E-state index is 13.0. The van der Waals surface area contributed by atoms with Crippen LogP contribution in [0.1, 0.15) is 213 Å². The molecule has 0 aliphatic heterocycles. The van der Waals surface area contributed by atoms with E-state index >= 15 is 0 Å². The van der Waals surface area contributed by atoms with Crippen molar-refractivity contribution in [1.29, 1.82) is 0 Å². The zero-order chi connectivity index (χ0) is 50.6. The summed E-state index contributed by atoms with van der Waals surface area (Å²) in [6.45, 7) is 4.65. The molecule has 0 heterocycles. The molecular weight excluding hydrogens is 876 g/mol. The van der Waals surface area contributed by atoms with Crippen LogP contribution in [0.5, 0.6) is 0 Å². The highest BCUT2D eigenvalue weighted by atomic mass is 31.2. The van der Waals surface area contributed by atoms with Gasteiger partial charge in [0.15, 0.2) is 0 Å². The minimum atomic E-state index is -4.36. The van der Waals surface area contributed by atoms with Gasteiger partial charge in [0.05, 0.1) is 39.9 Å². The van der Waals surface area contributed by atoms with Gasteiger partial charge in [-0.25, -0.2) is 4.57 Å². The van der Waals surface area contributed by atoms with Crippen LogP contribution in [0, 0.1) is 0 Å². The fraction of sp³-hybridized carbons (Fsp3) is 0.683. The van der Waals surface area contributed by atoms with E-state index in [1.165, 1.54) is 109 Å². The first-order chi connectivity index (χ1) is 33.5. The molecule has 396 valence electrons. The van der Waals surface area contributed by atoms with Gasteiger partial charge >= 0.3 is 7.82 Å². The standard InChI is InChI=1S/C60H105N2O6P/c1-6-8-10-12-14-16-18-20-22-24-25-26-27-28-29-30-31-32-33-34-35-36-37-38-40-42-44-46-48-50-52-54-60(64)61-58(57-68-69(65,66)67-56-55-62(3,4)5)59(63)53-51-49-47-45-43-41-39-23-21-19-17-15-13-11-9-7-2/h8,10,14,16,20-23,25-26,28-29,31-32,43,45,51,53,58-59,63H,6-7,9,11-13,15,17-19,24,27,30,33-42,44,46-50,52,54-57H2,1-5H3,(H-,61,64,65,66)/p+1/b10-8-,16-14-,22-20-,23-21+,26-25-,29-28-,32-31-,45-43+,53-51+. The molecule has 0 aliphatic carbocycles. The van der Waals surface area contributed by atoms with Gasteiger partial charge in [0.1, 0.15) is 13.2 Å². The first-order valence-corrected chi connectivity index (χ1v) is 29.3. The third-order valence-corrected chi connectivity index (χ3v) is 12.7. The Labute approximate surface area is 425 Å². The molecular formula is C60H106N2O6P+. The lowest BCUT2D eigenvalue weighted by molar-refractivity contribution is -0.870. The summed E-state index contributed by atoms with van der Waals surface area (Å²) in [6, 6.07) is -0.877. The fourth-order valence-electron chi connectivity index (χ4n) is 7.37. The Morgan fingerprint density at radius 3 is 1.33 bits per heavy atom. The maximum absolute atomic E-state index is 13.0. The van der Waals surface area contributed by atoms with Gasteiger partial charge in [-0.1, -0.05) is 220 Å². The Morgan fingerprint density at radius 2 is 0.884 bits per heavy atom. The third-order valence-electron chi connectivity index (χ3n) is 11.7. The molecule has 8 nitrogen and oxygen atoms in total. The first-order valence-electron chi connectivity index (χ1n) is 27.8. The van der Waals surface area contributed by atoms with Gasteiger partial charge in [-0.05, 0) is 96.3 Å². The van der Waals surface area contributed by atoms with Crippen molar-refractivity contribution in [3.05, 3.63) is 109 Å². The van der Waals surface area contributed by atoms with Crippen molar-refractivity contribution >= 4 is 13.7 Å².